The zero-order valence-electron chi connectivity index (χ0n) is 12.2. The second-order valence-corrected chi connectivity index (χ2v) is 5.48. The highest BCUT2D eigenvalue weighted by atomic mass is 35.5. The Morgan fingerprint density at radius 2 is 1.95 bits per heavy atom. The van der Waals surface area contributed by atoms with Crippen LogP contribution in [0.5, 0.6) is 0 Å². The average molecular weight is 319 g/mol. The topological polar surface area (TPSA) is 72.2 Å². The zero-order chi connectivity index (χ0) is 16.3. The van der Waals surface area contributed by atoms with Gasteiger partial charge in [0.2, 0.25) is 5.91 Å². The first-order valence-electron chi connectivity index (χ1n) is 6.67. The first-order chi connectivity index (χ1) is 10.4. The predicted molar refractivity (Wildman–Crippen MR) is 86.4 cm³/mol. The maximum absolute atomic E-state index is 12.1. The molecule has 114 valence electrons. The van der Waals surface area contributed by atoms with E-state index in [0.29, 0.717) is 0 Å². The molecule has 0 fully saturated rings. The van der Waals surface area contributed by atoms with Gasteiger partial charge in [0.05, 0.1) is 22.1 Å². The third kappa shape index (κ3) is 3.83. The molecule has 0 unspecified atom stereocenters. The largest absolute Gasteiger partial charge is 0.324 e. The minimum atomic E-state index is -0.531. The number of nitrogens with zero attached hydrogens (tertiary/aromatic N) is 1. The van der Waals surface area contributed by atoms with E-state index in [1.54, 1.807) is 0 Å². The summed E-state index contributed by atoms with van der Waals surface area (Å²) >= 11 is 5.97. The first kappa shape index (κ1) is 16.0. The van der Waals surface area contributed by atoms with Crippen molar-refractivity contribution in [3.8, 4) is 0 Å². The number of hydrogen-bond acceptors (Lipinski definition) is 3. The number of non-ortho nitro benzene ring substituents is 1. The van der Waals surface area contributed by atoms with Crippen molar-refractivity contribution in [2.75, 3.05) is 5.32 Å². The molecular weight excluding hydrogens is 304 g/mol. The second-order valence-electron chi connectivity index (χ2n) is 5.08. The van der Waals surface area contributed by atoms with Crippen molar-refractivity contribution >= 4 is 28.9 Å². The monoisotopic (exact) mass is 318 g/mol. The number of amides is 1. The molecule has 0 radical (unpaired) electrons. The normalized spacial score (nSPS) is 10.3. The van der Waals surface area contributed by atoms with Gasteiger partial charge in [-0.1, -0.05) is 35.4 Å². The van der Waals surface area contributed by atoms with E-state index in [1.807, 2.05) is 32.0 Å². The Bertz CT molecular complexity index is 744. The Kier molecular flexibility index (Phi) is 4.78. The molecule has 0 atom stereocenters. The maximum Gasteiger partial charge on any atom is 0.271 e. The van der Waals surface area contributed by atoms with Gasteiger partial charge in [0, 0.05) is 12.1 Å². The maximum atomic E-state index is 12.1. The van der Waals surface area contributed by atoms with E-state index in [-0.39, 0.29) is 28.7 Å². The van der Waals surface area contributed by atoms with E-state index in [9.17, 15) is 14.9 Å². The molecule has 0 saturated carbocycles. The number of nitrogens with one attached hydrogen (secondary N) is 1. The SMILES string of the molecule is Cc1ccc(C)c(CC(=O)Nc2cc([N+](=O)[O-])ccc2Cl)c1. The van der Waals surface area contributed by atoms with Crippen molar-refractivity contribution in [3.05, 3.63) is 68.2 Å². The molecule has 0 spiro atoms. The van der Waals surface area contributed by atoms with Crippen LogP contribution in [0.15, 0.2) is 36.4 Å². The van der Waals surface area contributed by atoms with Gasteiger partial charge in [0.15, 0.2) is 0 Å². The molecule has 0 aliphatic rings. The molecule has 1 N–H and O–H groups in total. The summed E-state index contributed by atoms with van der Waals surface area (Å²) < 4.78 is 0. The number of hydrogen-bond donors (Lipinski definition) is 1. The summed E-state index contributed by atoms with van der Waals surface area (Å²) in [5.41, 5.74) is 3.13. The summed E-state index contributed by atoms with van der Waals surface area (Å²) in [5.74, 6) is -0.268. The molecule has 22 heavy (non-hydrogen) atoms. The molecule has 2 aromatic rings. The van der Waals surface area contributed by atoms with E-state index in [1.165, 1.54) is 18.2 Å². The van der Waals surface area contributed by atoms with Crippen LogP contribution in [0, 0.1) is 24.0 Å². The van der Waals surface area contributed by atoms with Gasteiger partial charge >= 0.3 is 0 Å². The van der Waals surface area contributed by atoms with Crippen LogP contribution in [-0.2, 0) is 11.2 Å². The van der Waals surface area contributed by atoms with Crippen molar-refractivity contribution < 1.29 is 9.72 Å². The molecule has 5 nitrogen and oxygen atoms in total. The fourth-order valence-corrected chi connectivity index (χ4v) is 2.25. The Labute approximate surface area is 133 Å². The van der Waals surface area contributed by atoms with Crippen LogP contribution in [0.2, 0.25) is 5.02 Å². The minimum absolute atomic E-state index is 0.119. The third-order valence-electron chi connectivity index (χ3n) is 3.29. The van der Waals surface area contributed by atoms with Gasteiger partial charge in [0.25, 0.3) is 5.69 Å². The van der Waals surface area contributed by atoms with Crippen LogP contribution in [0.1, 0.15) is 16.7 Å². The van der Waals surface area contributed by atoms with E-state index >= 15 is 0 Å². The van der Waals surface area contributed by atoms with E-state index < -0.39 is 4.92 Å². The van der Waals surface area contributed by atoms with Crippen molar-refractivity contribution in [1.29, 1.82) is 0 Å². The molecular formula is C16H15ClN2O3. The first-order valence-corrected chi connectivity index (χ1v) is 7.04. The summed E-state index contributed by atoms with van der Waals surface area (Å²) in [5, 5.41) is 13.7. The highest BCUT2D eigenvalue weighted by molar-refractivity contribution is 6.33. The molecule has 0 bridgehead atoms. The number of anilines is 1. The number of halogens is 1. The van der Waals surface area contributed by atoms with Crippen molar-refractivity contribution in [2.24, 2.45) is 0 Å². The predicted octanol–water partition coefficient (Wildman–Crippen LogP) is 4.05. The lowest BCUT2D eigenvalue weighted by Crippen LogP contribution is -2.15. The molecule has 2 rings (SSSR count). The van der Waals surface area contributed by atoms with E-state index in [0.717, 1.165) is 16.7 Å². The standard InChI is InChI=1S/C16H15ClN2O3/c1-10-3-4-11(2)12(7-10)8-16(20)18-15-9-13(19(21)22)5-6-14(15)17/h3-7,9H,8H2,1-2H3,(H,18,20). The van der Waals surface area contributed by atoms with Crippen LogP contribution >= 0.6 is 11.6 Å². The van der Waals surface area contributed by atoms with Gasteiger partial charge in [-0.15, -0.1) is 0 Å². The molecule has 6 heteroatoms. The summed E-state index contributed by atoms with van der Waals surface area (Å²) in [7, 11) is 0. The average Bonchev–Trinajstić information content (AvgIpc) is 2.45. The van der Waals surface area contributed by atoms with Crippen molar-refractivity contribution in [3.63, 3.8) is 0 Å². The zero-order valence-corrected chi connectivity index (χ0v) is 13.0. The molecule has 1 amide bonds. The van der Waals surface area contributed by atoms with E-state index in [4.69, 9.17) is 11.6 Å². The number of benzene rings is 2. The fraction of sp³-hybridized carbons (Fsp3) is 0.188. The molecule has 0 saturated heterocycles. The number of nitro groups is 1. The van der Waals surface area contributed by atoms with Crippen molar-refractivity contribution in [1.82, 2.24) is 0 Å². The van der Waals surface area contributed by atoms with Gasteiger partial charge in [0.1, 0.15) is 0 Å². The van der Waals surface area contributed by atoms with Crippen LogP contribution in [-0.4, -0.2) is 10.8 Å². The third-order valence-corrected chi connectivity index (χ3v) is 3.62. The lowest BCUT2D eigenvalue weighted by atomic mass is 10.0. The van der Waals surface area contributed by atoms with Gasteiger partial charge in [-0.2, -0.15) is 0 Å². The molecule has 2 aromatic carbocycles. The number of carbonyl (C=O) groups excluding carboxylic acids is 1. The Morgan fingerprint density at radius 3 is 2.64 bits per heavy atom. The number of aryl methyl sites for hydroxylation is 2. The van der Waals surface area contributed by atoms with Crippen LogP contribution in [0.25, 0.3) is 0 Å². The fourth-order valence-electron chi connectivity index (χ4n) is 2.08. The lowest BCUT2D eigenvalue weighted by Gasteiger charge is -2.09. The molecule has 0 aliphatic heterocycles. The summed E-state index contributed by atoms with van der Waals surface area (Å²) in [6.07, 6.45) is 0.187. The van der Waals surface area contributed by atoms with Gasteiger partial charge in [-0.05, 0) is 31.0 Å². The molecule has 0 aliphatic carbocycles. The van der Waals surface area contributed by atoms with Crippen molar-refractivity contribution in [2.45, 2.75) is 20.3 Å². The number of carbonyl (C=O) groups is 1. The van der Waals surface area contributed by atoms with Crippen LogP contribution < -0.4 is 5.32 Å². The number of nitro benzene ring substituents is 1. The quantitative estimate of drug-likeness (QED) is 0.683. The van der Waals surface area contributed by atoms with E-state index in [2.05, 4.69) is 5.32 Å². The Balaban J connectivity index is 2.17. The second kappa shape index (κ2) is 6.58. The highest BCUT2D eigenvalue weighted by Crippen LogP contribution is 2.27. The molecule has 0 heterocycles. The summed E-state index contributed by atoms with van der Waals surface area (Å²) in [4.78, 5) is 22.4. The van der Waals surface area contributed by atoms with Gasteiger partial charge < -0.3 is 5.32 Å². The lowest BCUT2D eigenvalue weighted by molar-refractivity contribution is -0.384. The Morgan fingerprint density at radius 1 is 1.23 bits per heavy atom. The van der Waals surface area contributed by atoms with Crippen LogP contribution in [0.3, 0.4) is 0 Å². The Hall–Kier alpha value is -2.40. The summed E-state index contributed by atoms with van der Waals surface area (Å²) in [6, 6.07) is 9.83. The van der Waals surface area contributed by atoms with Gasteiger partial charge in [-0.25, -0.2) is 0 Å². The smallest absolute Gasteiger partial charge is 0.271 e. The van der Waals surface area contributed by atoms with Gasteiger partial charge in [-0.3, -0.25) is 14.9 Å². The van der Waals surface area contributed by atoms with Crippen LogP contribution in [0.4, 0.5) is 11.4 Å². The summed E-state index contributed by atoms with van der Waals surface area (Å²) in [6.45, 7) is 3.89. The minimum Gasteiger partial charge on any atom is -0.324 e. The highest BCUT2D eigenvalue weighted by Gasteiger charge is 2.13. The molecule has 0 aromatic heterocycles. The number of rotatable bonds is 4.